The van der Waals surface area contributed by atoms with Crippen LogP contribution in [0.2, 0.25) is 5.02 Å². The Balaban J connectivity index is 2.54. The summed E-state index contributed by atoms with van der Waals surface area (Å²) in [6.45, 7) is 0. The second kappa shape index (κ2) is 3.47. The highest BCUT2D eigenvalue weighted by Gasteiger charge is 2.24. The van der Waals surface area contributed by atoms with Crippen LogP contribution in [0.4, 0.5) is 4.39 Å². The monoisotopic (exact) mass is 225 g/mol. The number of imide groups is 1. The van der Waals surface area contributed by atoms with E-state index in [4.69, 9.17) is 11.6 Å². The predicted molar refractivity (Wildman–Crippen MR) is 52.5 cm³/mol. The van der Waals surface area contributed by atoms with Crippen LogP contribution in [0.3, 0.4) is 0 Å². The molecule has 0 aromatic heterocycles. The van der Waals surface area contributed by atoms with Crippen LogP contribution in [0, 0.1) is 5.82 Å². The molecule has 1 heterocycles. The van der Waals surface area contributed by atoms with E-state index in [-0.39, 0.29) is 11.1 Å². The van der Waals surface area contributed by atoms with Crippen LogP contribution in [0.1, 0.15) is 5.56 Å². The molecule has 1 aromatic rings. The van der Waals surface area contributed by atoms with Gasteiger partial charge in [-0.2, -0.15) is 0 Å². The first-order valence-corrected chi connectivity index (χ1v) is 4.48. The van der Waals surface area contributed by atoms with Gasteiger partial charge in [-0.1, -0.05) is 11.6 Å². The molecule has 76 valence electrons. The van der Waals surface area contributed by atoms with Gasteiger partial charge in [-0.05, 0) is 18.2 Å². The van der Waals surface area contributed by atoms with Crippen molar-refractivity contribution in [1.82, 2.24) is 5.32 Å². The van der Waals surface area contributed by atoms with Crippen molar-refractivity contribution in [2.45, 2.75) is 0 Å². The van der Waals surface area contributed by atoms with Gasteiger partial charge in [0.2, 0.25) is 0 Å². The van der Waals surface area contributed by atoms with Gasteiger partial charge >= 0.3 is 0 Å². The standard InChI is InChI=1S/C10H5ClFNO2/c11-5-1-2-8(12)6(3-5)7-4-9(14)13-10(7)15/h1-4H,(H,13,14,15). The summed E-state index contributed by atoms with van der Waals surface area (Å²) in [6.07, 6.45) is 1.05. The SMILES string of the molecule is O=C1C=C(c2cc(Cl)ccc2F)C(=O)N1. The zero-order valence-electron chi connectivity index (χ0n) is 7.38. The van der Waals surface area contributed by atoms with Gasteiger partial charge in [0.05, 0.1) is 5.57 Å². The maximum absolute atomic E-state index is 13.3. The number of carbonyl (C=O) groups is 2. The summed E-state index contributed by atoms with van der Waals surface area (Å²) in [6, 6.07) is 3.82. The molecule has 2 amide bonds. The number of nitrogens with one attached hydrogen (secondary N) is 1. The summed E-state index contributed by atoms with van der Waals surface area (Å²) in [5.74, 6) is -1.74. The Hall–Kier alpha value is -1.68. The molecule has 0 saturated carbocycles. The average Bonchev–Trinajstić information content (AvgIpc) is 2.50. The van der Waals surface area contributed by atoms with Crippen LogP contribution < -0.4 is 5.32 Å². The normalized spacial score (nSPS) is 15.2. The fourth-order valence-electron chi connectivity index (χ4n) is 1.32. The van der Waals surface area contributed by atoms with Crippen molar-refractivity contribution >= 4 is 29.0 Å². The summed E-state index contributed by atoms with van der Waals surface area (Å²) in [7, 11) is 0. The minimum Gasteiger partial charge on any atom is -0.289 e. The third-order valence-electron chi connectivity index (χ3n) is 1.98. The molecule has 0 bridgehead atoms. The van der Waals surface area contributed by atoms with Crippen LogP contribution >= 0.6 is 11.6 Å². The van der Waals surface area contributed by atoms with E-state index in [1.165, 1.54) is 12.1 Å². The molecule has 0 saturated heterocycles. The predicted octanol–water partition coefficient (Wildman–Crippen LogP) is 1.52. The van der Waals surface area contributed by atoms with Crippen molar-refractivity contribution in [3.05, 3.63) is 40.7 Å². The molecule has 1 aliphatic heterocycles. The molecule has 15 heavy (non-hydrogen) atoms. The Morgan fingerprint density at radius 1 is 1.27 bits per heavy atom. The zero-order valence-corrected chi connectivity index (χ0v) is 8.14. The summed E-state index contributed by atoms with van der Waals surface area (Å²) in [4.78, 5) is 22.1. The molecule has 0 spiro atoms. The Bertz CT molecular complexity index is 496. The van der Waals surface area contributed by atoms with Gasteiger partial charge in [0.1, 0.15) is 5.82 Å². The van der Waals surface area contributed by atoms with E-state index in [1.807, 2.05) is 5.32 Å². The fraction of sp³-hybridized carbons (Fsp3) is 0. The maximum Gasteiger partial charge on any atom is 0.259 e. The van der Waals surface area contributed by atoms with Crippen LogP contribution in [0.25, 0.3) is 5.57 Å². The molecule has 0 unspecified atom stereocenters. The first kappa shape index (κ1) is 9.86. The lowest BCUT2D eigenvalue weighted by Crippen LogP contribution is -2.21. The van der Waals surface area contributed by atoms with E-state index in [1.54, 1.807) is 0 Å². The fourth-order valence-corrected chi connectivity index (χ4v) is 1.49. The Labute approximate surface area is 89.5 Å². The highest BCUT2D eigenvalue weighted by Crippen LogP contribution is 2.24. The van der Waals surface area contributed by atoms with Gasteiger partial charge in [-0.3, -0.25) is 14.9 Å². The van der Waals surface area contributed by atoms with Gasteiger partial charge in [-0.15, -0.1) is 0 Å². The van der Waals surface area contributed by atoms with Gasteiger partial charge < -0.3 is 0 Å². The minimum atomic E-state index is -0.610. The number of rotatable bonds is 1. The Kier molecular flexibility index (Phi) is 2.28. The molecule has 0 aliphatic carbocycles. The smallest absolute Gasteiger partial charge is 0.259 e. The molecule has 0 fully saturated rings. The Morgan fingerprint density at radius 3 is 2.60 bits per heavy atom. The lowest BCUT2D eigenvalue weighted by atomic mass is 10.1. The van der Waals surface area contributed by atoms with Gasteiger partial charge in [0, 0.05) is 16.7 Å². The first-order chi connectivity index (χ1) is 7.08. The first-order valence-electron chi connectivity index (χ1n) is 4.10. The molecule has 3 nitrogen and oxygen atoms in total. The third kappa shape index (κ3) is 1.76. The van der Waals surface area contributed by atoms with Crippen LogP contribution in [-0.4, -0.2) is 11.8 Å². The van der Waals surface area contributed by atoms with Crippen molar-refractivity contribution in [2.24, 2.45) is 0 Å². The quantitative estimate of drug-likeness (QED) is 0.737. The molecule has 1 N–H and O–H groups in total. The van der Waals surface area contributed by atoms with Gasteiger partial charge in [-0.25, -0.2) is 4.39 Å². The van der Waals surface area contributed by atoms with Crippen molar-refractivity contribution in [1.29, 1.82) is 0 Å². The molecule has 0 atom stereocenters. The van der Waals surface area contributed by atoms with E-state index in [0.29, 0.717) is 5.02 Å². The van der Waals surface area contributed by atoms with Gasteiger partial charge in [0.25, 0.3) is 11.8 Å². The summed E-state index contributed by atoms with van der Waals surface area (Å²) >= 11 is 5.67. The summed E-state index contributed by atoms with van der Waals surface area (Å²) in [5, 5.41) is 2.34. The zero-order chi connectivity index (χ0) is 11.0. The van der Waals surface area contributed by atoms with Crippen molar-refractivity contribution in [2.75, 3.05) is 0 Å². The van der Waals surface area contributed by atoms with Crippen molar-refractivity contribution in [3.63, 3.8) is 0 Å². The number of hydrogen-bond donors (Lipinski definition) is 1. The van der Waals surface area contributed by atoms with Crippen molar-refractivity contribution in [3.8, 4) is 0 Å². The van der Waals surface area contributed by atoms with Crippen molar-refractivity contribution < 1.29 is 14.0 Å². The average molecular weight is 226 g/mol. The molecular weight excluding hydrogens is 221 g/mol. The second-order valence-electron chi connectivity index (χ2n) is 3.00. The number of amides is 2. The molecule has 1 aliphatic rings. The van der Waals surface area contributed by atoms with E-state index in [2.05, 4.69) is 0 Å². The molecule has 0 radical (unpaired) electrons. The minimum absolute atomic E-state index is 0.000000000000000222. The summed E-state index contributed by atoms with van der Waals surface area (Å²) in [5.41, 5.74) is 0.0332. The maximum atomic E-state index is 13.3. The lowest BCUT2D eigenvalue weighted by Gasteiger charge is -2.02. The Morgan fingerprint density at radius 2 is 2.00 bits per heavy atom. The third-order valence-corrected chi connectivity index (χ3v) is 2.21. The number of benzene rings is 1. The van der Waals surface area contributed by atoms with E-state index in [0.717, 1.165) is 12.1 Å². The van der Waals surface area contributed by atoms with Crippen LogP contribution in [-0.2, 0) is 9.59 Å². The van der Waals surface area contributed by atoms with Gasteiger partial charge in [0.15, 0.2) is 0 Å². The molecule has 2 rings (SSSR count). The van der Waals surface area contributed by atoms with Crippen LogP contribution in [0.15, 0.2) is 24.3 Å². The molecule has 5 heteroatoms. The molecular formula is C10H5ClFNO2. The topological polar surface area (TPSA) is 46.2 Å². The summed E-state index contributed by atoms with van der Waals surface area (Å²) < 4.78 is 13.3. The van der Waals surface area contributed by atoms with E-state index in [9.17, 15) is 14.0 Å². The largest absolute Gasteiger partial charge is 0.289 e. The highest BCUT2D eigenvalue weighted by atomic mass is 35.5. The molecule has 1 aromatic carbocycles. The second-order valence-corrected chi connectivity index (χ2v) is 3.44. The number of halogens is 2. The lowest BCUT2D eigenvalue weighted by molar-refractivity contribution is -0.123. The number of hydrogen-bond acceptors (Lipinski definition) is 2. The van der Waals surface area contributed by atoms with Crippen LogP contribution in [0.5, 0.6) is 0 Å². The number of carbonyl (C=O) groups excluding carboxylic acids is 2. The van der Waals surface area contributed by atoms with E-state index < -0.39 is 17.6 Å². The van der Waals surface area contributed by atoms with E-state index >= 15 is 0 Å². The highest BCUT2D eigenvalue weighted by molar-refractivity contribution is 6.34.